The van der Waals surface area contributed by atoms with Gasteiger partial charge in [-0.05, 0) is 57.2 Å². The van der Waals surface area contributed by atoms with Gasteiger partial charge in [0, 0.05) is 16.8 Å². The monoisotopic (exact) mass is 664 g/mol. The summed E-state index contributed by atoms with van der Waals surface area (Å²) < 4.78 is 91.2. The second kappa shape index (κ2) is 12.8. The summed E-state index contributed by atoms with van der Waals surface area (Å²) in [6, 6.07) is 6.79. The van der Waals surface area contributed by atoms with E-state index < -0.39 is 60.6 Å². The average Bonchev–Trinajstić information content (AvgIpc) is 3.48. The van der Waals surface area contributed by atoms with E-state index in [0.29, 0.717) is 9.59 Å². The lowest BCUT2D eigenvalue weighted by atomic mass is 10.2. The molecule has 0 aliphatic rings. The summed E-state index contributed by atoms with van der Waals surface area (Å²) in [6.07, 6.45) is -11.9. The second-order valence-electron chi connectivity index (χ2n) is 10.6. The van der Waals surface area contributed by atoms with Gasteiger partial charge in [0.2, 0.25) is 0 Å². The molecular formula is C26H27ClF6N8O4. The minimum absolute atomic E-state index is 0.127. The van der Waals surface area contributed by atoms with Crippen molar-refractivity contribution in [1.29, 1.82) is 0 Å². The van der Waals surface area contributed by atoms with E-state index in [1.54, 1.807) is 20.8 Å². The summed E-state index contributed by atoms with van der Waals surface area (Å²) in [7, 11) is 0. The molecule has 0 amide bonds. The normalized spacial score (nSPS) is 14.0. The first-order valence-corrected chi connectivity index (χ1v) is 13.4. The number of hydrogen-bond acceptors (Lipinski definition) is 9. The second-order valence-corrected chi connectivity index (χ2v) is 11.1. The van der Waals surface area contributed by atoms with Crippen LogP contribution in [0.15, 0.2) is 47.4 Å². The van der Waals surface area contributed by atoms with Gasteiger partial charge in [0.25, 0.3) is 0 Å². The molecule has 4 rings (SSSR count). The number of hydrogen-bond donors (Lipinski definition) is 2. The molecule has 1 unspecified atom stereocenters. The predicted octanol–water partition coefficient (Wildman–Crippen LogP) is 4.03. The van der Waals surface area contributed by atoms with Gasteiger partial charge in [0.1, 0.15) is 6.54 Å². The number of alkyl halides is 6. The summed E-state index contributed by atoms with van der Waals surface area (Å²) in [4.78, 5) is 21.6. The van der Waals surface area contributed by atoms with Crippen molar-refractivity contribution < 1.29 is 40.9 Å². The fourth-order valence-electron chi connectivity index (χ4n) is 3.92. The maximum Gasteiger partial charge on any atom is 0.573 e. The predicted molar refractivity (Wildman–Crippen MR) is 147 cm³/mol. The first-order chi connectivity index (χ1) is 20.8. The quantitative estimate of drug-likeness (QED) is 0.240. The highest BCUT2D eigenvalue weighted by Gasteiger charge is 2.39. The molecular weight excluding hydrogens is 638 g/mol. The third kappa shape index (κ3) is 8.59. The Hall–Kier alpha value is -4.00. The van der Waals surface area contributed by atoms with Crippen LogP contribution in [0.2, 0.25) is 5.02 Å². The molecule has 4 aromatic rings. The zero-order valence-corrected chi connectivity index (χ0v) is 24.6. The minimum atomic E-state index is -5.09. The van der Waals surface area contributed by atoms with E-state index >= 15 is 0 Å². The lowest BCUT2D eigenvalue weighted by Gasteiger charge is -2.22. The van der Waals surface area contributed by atoms with Crippen LogP contribution in [-0.2, 0) is 17.8 Å². The lowest BCUT2D eigenvalue weighted by Crippen LogP contribution is -2.37. The molecule has 0 saturated carbocycles. The van der Waals surface area contributed by atoms with Crippen LogP contribution in [0.3, 0.4) is 0 Å². The molecule has 45 heavy (non-hydrogen) atoms. The number of nitrogens with zero attached hydrogens (tertiary/aromatic N) is 7. The number of nitrogens with two attached hydrogens (primary N) is 1. The van der Waals surface area contributed by atoms with Gasteiger partial charge < -0.3 is 20.3 Å². The van der Waals surface area contributed by atoms with E-state index in [0.717, 1.165) is 15.4 Å². The van der Waals surface area contributed by atoms with Crippen LogP contribution in [0.5, 0.6) is 5.75 Å². The van der Waals surface area contributed by atoms with Crippen LogP contribution in [0.4, 0.5) is 26.3 Å². The molecule has 19 heteroatoms. The average molecular weight is 665 g/mol. The van der Waals surface area contributed by atoms with E-state index in [2.05, 4.69) is 24.9 Å². The van der Waals surface area contributed by atoms with Gasteiger partial charge >= 0.3 is 18.2 Å². The summed E-state index contributed by atoms with van der Waals surface area (Å²) >= 11 is 5.92. The highest BCUT2D eigenvalue weighted by atomic mass is 35.5. The Bertz CT molecular complexity index is 1680. The summed E-state index contributed by atoms with van der Waals surface area (Å²) in [5, 5.41) is 18.4. The van der Waals surface area contributed by atoms with Crippen molar-refractivity contribution in [3.8, 4) is 23.0 Å². The lowest BCUT2D eigenvalue weighted by molar-refractivity contribution is -0.274. The molecule has 0 aliphatic carbocycles. The molecule has 12 nitrogen and oxygen atoms in total. The van der Waals surface area contributed by atoms with Crippen molar-refractivity contribution in [3.05, 3.63) is 69.8 Å². The van der Waals surface area contributed by atoms with Gasteiger partial charge in [-0.2, -0.15) is 17.9 Å². The third-order valence-corrected chi connectivity index (χ3v) is 6.18. The third-order valence-electron chi connectivity index (χ3n) is 5.93. The van der Waals surface area contributed by atoms with Gasteiger partial charge in [0.05, 0.1) is 24.8 Å². The number of ether oxygens (including phenoxy) is 2. The molecule has 244 valence electrons. The summed E-state index contributed by atoms with van der Waals surface area (Å²) in [5.41, 5.74) is 4.77. The number of aliphatic hydroxyl groups is 1. The van der Waals surface area contributed by atoms with Crippen LogP contribution in [0.1, 0.15) is 38.5 Å². The fourth-order valence-corrected chi connectivity index (χ4v) is 4.05. The van der Waals surface area contributed by atoms with Gasteiger partial charge in [-0.3, -0.25) is 4.57 Å². The Morgan fingerprint density at radius 2 is 1.71 bits per heavy atom. The van der Waals surface area contributed by atoms with Crippen LogP contribution in [0.25, 0.3) is 17.2 Å². The zero-order chi connectivity index (χ0) is 33.3. The molecule has 2 atom stereocenters. The molecule has 0 radical (unpaired) electrons. The summed E-state index contributed by atoms with van der Waals surface area (Å²) in [5.74, 6) is -1.76. The molecule has 0 spiro atoms. The Labute approximate surface area is 256 Å². The zero-order valence-electron chi connectivity index (χ0n) is 23.8. The van der Waals surface area contributed by atoms with Crippen LogP contribution < -0.4 is 16.2 Å². The molecule has 3 heterocycles. The molecule has 0 fully saturated rings. The molecule has 0 aliphatic heterocycles. The van der Waals surface area contributed by atoms with Crippen LogP contribution >= 0.6 is 11.6 Å². The standard InChI is InChI=1S/C26H27ClF6N8O4/c1-24(2,3)44-13-16(34)21-36-19(37-41(21)22-17(5-4-10-35-22)45-26(31,32)33)12-40-23(43)39(11-18(42)25(28,29)30)20(38-40)14-6-8-15(27)9-7-14/h4-10,16,18,42H,11-13,34H2,1-3H3/t16?,18-/m0/s1. The first-order valence-electron chi connectivity index (χ1n) is 13.1. The van der Waals surface area contributed by atoms with Crippen molar-refractivity contribution in [2.45, 2.75) is 64.1 Å². The largest absolute Gasteiger partial charge is 0.573 e. The minimum Gasteiger partial charge on any atom is -0.402 e. The van der Waals surface area contributed by atoms with Crippen molar-refractivity contribution in [2.75, 3.05) is 6.61 Å². The van der Waals surface area contributed by atoms with Crippen molar-refractivity contribution >= 4 is 11.6 Å². The fraction of sp³-hybridized carbons (Fsp3) is 0.423. The molecule has 0 saturated heterocycles. The van der Waals surface area contributed by atoms with Gasteiger partial charge in [-0.25, -0.2) is 19.4 Å². The Balaban J connectivity index is 1.81. The maximum atomic E-state index is 13.3. The smallest absolute Gasteiger partial charge is 0.402 e. The Morgan fingerprint density at radius 1 is 1.04 bits per heavy atom. The van der Waals surface area contributed by atoms with Crippen LogP contribution in [-0.4, -0.2) is 70.1 Å². The van der Waals surface area contributed by atoms with E-state index in [-0.39, 0.29) is 29.6 Å². The highest BCUT2D eigenvalue weighted by Crippen LogP contribution is 2.29. The molecule has 3 N–H and O–H groups in total. The van der Waals surface area contributed by atoms with E-state index in [9.17, 15) is 36.2 Å². The molecule has 0 bridgehead atoms. The number of pyridine rings is 1. The number of benzene rings is 1. The SMILES string of the molecule is CC(C)(C)OCC(N)c1nc(Cn2nc(-c3ccc(Cl)cc3)n(C[C@H](O)C(F)(F)F)c2=O)nn1-c1ncccc1OC(F)(F)F. The van der Waals surface area contributed by atoms with E-state index in [4.69, 9.17) is 22.1 Å². The highest BCUT2D eigenvalue weighted by molar-refractivity contribution is 6.30. The molecule has 3 aromatic heterocycles. The topological polar surface area (TPSA) is 148 Å². The number of aromatic nitrogens is 7. The van der Waals surface area contributed by atoms with Gasteiger partial charge in [0.15, 0.2) is 35.1 Å². The van der Waals surface area contributed by atoms with Crippen LogP contribution in [0, 0.1) is 0 Å². The maximum absolute atomic E-state index is 13.3. The number of halogens is 7. The number of aliphatic hydroxyl groups excluding tert-OH is 1. The molecule has 1 aromatic carbocycles. The van der Waals surface area contributed by atoms with Gasteiger partial charge in [-0.1, -0.05) is 11.6 Å². The van der Waals surface area contributed by atoms with E-state index in [1.807, 2.05) is 0 Å². The van der Waals surface area contributed by atoms with Crippen molar-refractivity contribution in [3.63, 3.8) is 0 Å². The first kappa shape index (κ1) is 33.9. The van der Waals surface area contributed by atoms with E-state index in [1.165, 1.54) is 36.5 Å². The Morgan fingerprint density at radius 3 is 2.31 bits per heavy atom. The van der Waals surface area contributed by atoms with Crippen molar-refractivity contribution in [1.82, 2.24) is 34.1 Å². The summed E-state index contributed by atoms with van der Waals surface area (Å²) in [6.45, 7) is 3.34. The number of rotatable bonds is 10. The van der Waals surface area contributed by atoms with Crippen molar-refractivity contribution in [2.24, 2.45) is 5.73 Å². The van der Waals surface area contributed by atoms with Gasteiger partial charge in [-0.15, -0.1) is 23.4 Å². The Kier molecular flexibility index (Phi) is 9.62.